The van der Waals surface area contributed by atoms with Crippen LogP contribution in [-0.2, 0) is 4.79 Å². The van der Waals surface area contributed by atoms with Gasteiger partial charge in [-0.2, -0.15) is 5.26 Å². The van der Waals surface area contributed by atoms with Crippen LogP contribution >= 0.6 is 0 Å². The molecule has 0 atom stereocenters. The summed E-state index contributed by atoms with van der Waals surface area (Å²) in [6.45, 7) is 3.15. The second kappa shape index (κ2) is 7.06. The van der Waals surface area contributed by atoms with E-state index in [2.05, 4.69) is 6.07 Å². The van der Waals surface area contributed by atoms with Crippen LogP contribution in [0.2, 0.25) is 0 Å². The Balaban J connectivity index is 1.61. The van der Waals surface area contributed by atoms with Gasteiger partial charge in [0.2, 0.25) is 5.91 Å². The fourth-order valence-corrected chi connectivity index (χ4v) is 3.34. The molecule has 1 saturated heterocycles. The van der Waals surface area contributed by atoms with E-state index >= 15 is 0 Å². The molecule has 0 radical (unpaired) electrons. The molecule has 2 aromatic carbocycles. The van der Waals surface area contributed by atoms with Crippen molar-refractivity contribution in [3.05, 3.63) is 48.0 Å². The number of rotatable bonds is 4. The summed E-state index contributed by atoms with van der Waals surface area (Å²) >= 11 is 0. The van der Waals surface area contributed by atoms with Gasteiger partial charge in [0.1, 0.15) is 0 Å². The summed E-state index contributed by atoms with van der Waals surface area (Å²) in [5.41, 5.74) is 0.358. The molecular weight excluding hydrogens is 312 g/mol. The fourth-order valence-electron chi connectivity index (χ4n) is 3.34. The lowest BCUT2D eigenvalue weighted by Gasteiger charge is -2.35. The molecule has 4 nitrogen and oxygen atoms in total. The highest BCUT2D eigenvalue weighted by Gasteiger charge is 2.31. The number of Topliss-reactive ketones (excluding diaryl/α,β-unsaturated/α-hetero) is 1. The molecule has 1 aliphatic rings. The normalized spacial score (nSPS) is 16.4. The second-order valence-electron chi connectivity index (χ2n) is 7.00. The number of likely N-dealkylation sites (tertiary alicyclic amines) is 1. The van der Waals surface area contributed by atoms with Crippen LogP contribution in [0.4, 0.5) is 0 Å². The number of amides is 1. The van der Waals surface area contributed by atoms with Crippen molar-refractivity contribution < 1.29 is 9.59 Å². The monoisotopic (exact) mass is 334 g/mol. The minimum absolute atomic E-state index is 0.00372. The molecule has 2 aromatic rings. The van der Waals surface area contributed by atoms with Crippen LogP contribution in [0.3, 0.4) is 0 Å². The molecule has 0 N–H and O–H groups in total. The van der Waals surface area contributed by atoms with Crippen molar-refractivity contribution in [2.75, 3.05) is 13.1 Å². The highest BCUT2D eigenvalue weighted by atomic mass is 16.2. The zero-order valence-corrected chi connectivity index (χ0v) is 14.5. The smallest absolute Gasteiger partial charge is 0.223 e. The van der Waals surface area contributed by atoms with Crippen LogP contribution < -0.4 is 0 Å². The quantitative estimate of drug-likeness (QED) is 0.795. The molecule has 1 aliphatic heterocycles. The van der Waals surface area contributed by atoms with Crippen LogP contribution in [0.25, 0.3) is 10.8 Å². The standard InChI is InChI=1S/C21H22N2O2/c1-21(15-22)11-13-23(14-12-21)20(25)10-9-19(24)18-8-4-6-16-5-2-3-7-17(16)18/h2-8H,9-14H2,1H3. The van der Waals surface area contributed by atoms with Gasteiger partial charge in [-0.25, -0.2) is 0 Å². The molecule has 3 rings (SSSR count). The van der Waals surface area contributed by atoms with Crippen LogP contribution in [0.15, 0.2) is 42.5 Å². The first-order chi connectivity index (χ1) is 12.0. The third-order valence-electron chi connectivity index (χ3n) is 5.15. The lowest BCUT2D eigenvalue weighted by atomic mass is 9.82. The van der Waals surface area contributed by atoms with Crippen molar-refractivity contribution in [1.82, 2.24) is 4.90 Å². The molecule has 0 aliphatic carbocycles. The van der Waals surface area contributed by atoms with Crippen molar-refractivity contribution in [3.63, 3.8) is 0 Å². The maximum atomic E-state index is 12.6. The van der Waals surface area contributed by atoms with Crippen LogP contribution in [0, 0.1) is 16.7 Å². The van der Waals surface area contributed by atoms with Gasteiger partial charge in [-0.15, -0.1) is 0 Å². The van der Waals surface area contributed by atoms with Gasteiger partial charge < -0.3 is 4.90 Å². The number of fused-ring (bicyclic) bond motifs is 1. The number of benzene rings is 2. The van der Waals surface area contributed by atoms with E-state index in [9.17, 15) is 9.59 Å². The molecule has 128 valence electrons. The molecule has 25 heavy (non-hydrogen) atoms. The Morgan fingerprint density at radius 3 is 2.48 bits per heavy atom. The number of carbonyl (C=O) groups excluding carboxylic acids is 2. The summed E-state index contributed by atoms with van der Waals surface area (Å²) in [5, 5.41) is 11.1. The van der Waals surface area contributed by atoms with Gasteiger partial charge in [0.15, 0.2) is 5.78 Å². The largest absolute Gasteiger partial charge is 0.343 e. The highest BCUT2D eigenvalue weighted by molar-refractivity contribution is 6.08. The predicted octanol–water partition coefficient (Wildman–Crippen LogP) is 3.95. The Bertz CT molecular complexity index is 837. The summed E-state index contributed by atoms with van der Waals surface area (Å²) < 4.78 is 0. The minimum Gasteiger partial charge on any atom is -0.343 e. The SMILES string of the molecule is CC1(C#N)CCN(C(=O)CCC(=O)c2cccc3ccccc23)CC1. The summed E-state index contributed by atoms with van der Waals surface area (Å²) in [4.78, 5) is 26.8. The molecular formula is C21H22N2O2. The molecule has 1 heterocycles. The lowest BCUT2D eigenvalue weighted by Crippen LogP contribution is -2.41. The third-order valence-corrected chi connectivity index (χ3v) is 5.15. The van der Waals surface area contributed by atoms with E-state index in [1.165, 1.54) is 0 Å². The van der Waals surface area contributed by atoms with Gasteiger partial charge >= 0.3 is 0 Å². The average molecular weight is 334 g/mol. The first kappa shape index (κ1) is 17.2. The Morgan fingerprint density at radius 2 is 1.76 bits per heavy atom. The van der Waals surface area contributed by atoms with Gasteiger partial charge in [0, 0.05) is 31.5 Å². The second-order valence-corrected chi connectivity index (χ2v) is 7.00. The zero-order valence-electron chi connectivity index (χ0n) is 14.5. The Kier molecular flexibility index (Phi) is 4.85. The maximum absolute atomic E-state index is 12.6. The van der Waals surface area contributed by atoms with Gasteiger partial charge in [-0.1, -0.05) is 42.5 Å². The molecule has 0 saturated carbocycles. The number of nitrogens with zero attached hydrogens (tertiary/aromatic N) is 2. The zero-order chi connectivity index (χ0) is 17.9. The molecule has 0 bridgehead atoms. The van der Waals surface area contributed by atoms with E-state index in [0.717, 1.165) is 10.8 Å². The topological polar surface area (TPSA) is 61.2 Å². The van der Waals surface area contributed by atoms with Crippen LogP contribution in [-0.4, -0.2) is 29.7 Å². The van der Waals surface area contributed by atoms with E-state index in [4.69, 9.17) is 5.26 Å². The van der Waals surface area contributed by atoms with Crippen molar-refractivity contribution in [2.24, 2.45) is 5.41 Å². The van der Waals surface area contributed by atoms with E-state index < -0.39 is 0 Å². The van der Waals surface area contributed by atoms with E-state index in [0.29, 0.717) is 31.5 Å². The number of carbonyl (C=O) groups is 2. The van der Waals surface area contributed by atoms with Crippen molar-refractivity contribution in [2.45, 2.75) is 32.6 Å². The third kappa shape index (κ3) is 3.71. The van der Waals surface area contributed by atoms with Gasteiger partial charge in [-0.05, 0) is 30.5 Å². The number of piperidine rings is 1. The average Bonchev–Trinajstić information content (AvgIpc) is 2.66. The number of nitriles is 1. The maximum Gasteiger partial charge on any atom is 0.223 e. The van der Waals surface area contributed by atoms with E-state index in [1.807, 2.05) is 49.4 Å². The number of hydrogen-bond acceptors (Lipinski definition) is 3. The van der Waals surface area contributed by atoms with Crippen molar-refractivity contribution in [3.8, 4) is 6.07 Å². The Morgan fingerprint density at radius 1 is 1.08 bits per heavy atom. The summed E-state index contributed by atoms with van der Waals surface area (Å²) in [6, 6.07) is 15.8. The van der Waals surface area contributed by atoms with Crippen LogP contribution in [0.5, 0.6) is 0 Å². The molecule has 0 unspecified atom stereocenters. The van der Waals surface area contributed by atoms with Gasteiger partial charge in [-0.3, -0.25) is 9.59 Å². The first-order valence-corrected chi connectivity index (χ1v) is 8.72. The molecule has 1 fully saturated rings. The minimum atomic E-state index is -0.324. The van der Waals surface area contributed by atoms with Gasteiger partial charge in [0.25, 0.3) is 0 Å². The van der Waals surface area contributed by atoms with Gasteiger partial charge in [0.05, 0.1) is 11.5 Å². The lowest BCUT2D eigenvalue weighted by molar-refractivity contribution is -0.132. The number of ketones is 1. The summed E-state index contributed by atoms with van der Waals surface area (Å²) in [7, 11) is 0. The summed E-state index contributed by atoms with van der Waals surface area (Å²) in [5.74, 6) is 0.0117. The first-order valence-electron chi connectivity index (χ1n) is 8.72. The van der Waals surface area contributed by atoms with Crippen LogP contribution in [0.1, 0.15) is 43.0 Å². The van der Waals surface area contributed by atoms with E-state index in [1.54, 1.807) is 4.90 Å². The summed E-state index contributed by atoms with van der Waals surface area (Å²) in [6.07, 6.45) is 1.85. The van der Waals surface area contributed by atoms with Crippen molar-refractivity contribution in [1.29, 1.82) is 5.26 Å². The Labute approximate surface area is 148 Å². The van der Waals surface area contributed by atoms with Crippen molar-refractivity contribution >= 4 is 22.5 Å². The van der Waals surface area contributed by atoms with E-state index in [-0.39, 0.29) is 29.9 Å². The fraction of sp³-hybridized carbons (Fsp3) is 0.381. The molecule has 1 amide bonds. The highest BCUT2D eigenvalue weighted by Crippen LogP contribution is 2.30. The Hall–Kier alpha value is -2.67. The molecule has 0 spiro atoms. The number of hydrogen-bond donors (Lipinski definition) is 0. The molecule has 0 aromatic heterocycles. The molecule has 4 heteroatoms. The predicted molar refractivity (Wildman–Crippen MR) is 97.0 cm³/mol.